The van der Waals surface area contributed by atoms with Crippen LogP contribution in [-0.2, 0) is 4.74 Å². The fourth-order valence-corrected chi connectivity index (χ4v) is 2.54. The smallest absolute Gasteiger partial charge is 0.0872 e. The van der Waals surface area contributed by atoms with Crippen LogP contribution in [0.15, 0.2) is 0 Å². The Morgan fingerprint density at radius 1 is 1.00 bits per heavy atom. The summed E-state index contributed by atoms with van der Waals surface area (Å²) in [4.78, 5) is 0. The number of fused-ring (bicyclic) bond motifs is 5. The summed E-state index contributed by atoms with van der Waals surface area (Å²) in [5, 5.41) is 0. The maximum Gasteiger partial charge on any atom is 0.0872 e. The van der Waals surface area contributed by atoms with E-state index in [1.807, 2.05) is 0 Å². The maximum absolute atomic E-state index is 5.44. The minimum absolute atomic E-state index is 0.744. The van der Waals surface area contributed by atoms with Gasteiger partial charge in [0.25, 0.3) is 0 Å². The number of ether oxygens (including phenoxy) is 1. The molecule has 0 radical (unpaired) electrons. The van der Waals surface area contributed by atoms with Crippen molar-refractivity contribution in [3.8, 4) is 0 Å². The summed E-state index contributed by atoms with van der Waals surface area (Å²) in [5.41, 5.74) is 0. The summed E-state index contributed by atoms with van der Waals surface area (Å²) < 4.78 is 5.44. The quantitative estimate of drug-likeness (QED) is 0.427. The normalized spacial score (nSPS) is 66.0. The van der Waals surface area contributed by atoms with Crippen LogP contribution in [-0.4, -0.2) is 12.2 Å². The van der Waals surface area contributed by atoms with Crippen LogP contribution in [0.4, 0.5) is 0 Å². The third-order valence-corrected chi connectivity index (χ3v) is 3.00. The van der Waals surface area contributed by atoms with Crippen LogP contribution >= 0.6 is 0 Å². The molecule has 3 unspecified atom stereocenters. The molecule has 1 heteroatoms. The highest BCUT2D eigenvalue weighted by Crippen LogP contribution is 2.55. The molecule has 0 amide bonds. The van der Waals surface area contributed by atoms with E-state index in [0.29, 0.717) is 0 Å². The van der Waals surface area contributed by atoms with Gasteiger partial charge in [-0.15, -0.1) is 0 Å². The fraction of sp³-hybridized carbons (Fsp3) is 1.00. The molecule has 3 fully saturated rings. The molecule has 4 atom stereocenters. The first-order valence-electron chi connectivity index (χ1n) is 3.60. The molecule has 3 aliphatic rings. The molecular weight excluding hydrogens is 100 g/mol. The van der Waals surface area contributed by atoms with E-state index < -0.39 is 0 Å². The van der Waals surface area contributed by atoms with Crippen LogP contribution in [0.5, 0.6) is 0 Å². The van der Waals surface area contributed by atoms with E-state index in [0.717, 1.165) is 24.0 Å². The summed E-state index contributed by atoms with van der Waals surface area (Å²) in [7, 11) is 0. The molecule has 0 N–H and O–H groups in total. The summed E-state index contributed by atoms with van der Waals surface area (Å²) in [6, 6.07) is 0. The van der Waals surface area contributed by atoms with Gasteiger partial charge in [-0.25, -0.2) is 0 Å². The Labute approximate surface area is 49.0 Å². The molecule has 3 rings (SSSR count). The Morgan fingerprint density at radius 3 is 2.00 bits per heavy atom. The standard InChI is InChI=1S/C7H10O/c1-2-5-3-4(1)6-7(5)8-6/h4-7H,1-3H2/t4-,5?,6?,7?/m0/s1. The van der Waals surface area contributed by atoms with Gasteiger partial charge in [-0.1, -0.05) is 0 Å². The van der Waals surface area contributed by atoms with Crippen molar-refractivity contribution in [2.24, 2.45) is 11.8 Å². The van der Waals surface area contributed by atoms with Crippen LogP contribution in [0.3, 0.4) is 0 Å². The lowest BCUT2D eigenvalue weighted by atomic mass is 10.0. The lowest BCUT2D eigenvalue weighted by molar-refractivity contribution is 0.264. The molecule has 1 heterocycles. The maximum atomic E-state index is 5.44. The lowest BCUT2D eigenvalue weighted by Gasteiger charge is -1.99. The molecule has 2 bridgehead atoms. The summed E-state index contributed by atoms with van der Waals surface area (Å²) in [5.74, 6) is 1.98. The van der Waals surface area contributed by atoms with Crippen molar-refractivity contribution in [1.82, 2.24) is 0 Å². The Morgan fingerprint density at radius 2 is 1.62 bits per heavy atom. The second-order valence-electron chi connectivity index (χ2n) is 3.40. The lowest BCUT2D eigenvalue weighted by Crippen LogP contribution is -2.04. The predicted octanol–water partition coefficient (Wildman–Crippen LogP) is 1.18. The highest BCUT2D eigenvalue weighted by atomic mass is 16.6. The molecule has 1 saturated heterocycles. The predicted molar refractivity (Wildman–Crippen MR) is 29.5 cm³/mol. The van der Waals surface area contributed by atoms with E-state index in [-0.39, 0.29) is 0 Å². The first-order valence-corrected chi connectivity index (χ1v) is 3.60. The van der Waals surface area contributed by atoms with Crippen molar-refractivity contribution in [2.75, 3.05) is 0 Å². The topological polar surface area (TPSA) is 12.5 Å². The molecule has 44 valence electrons. The highest BCUT2D eigenvalue weighted by Gasteiger charge is 2.59. The summed E-state index contributed by atoms with van der Waals surface area (Å²) in [6.45, 7) is 0. The second kappa shape index (κ2) is 0.971. The minimum atomic E-state index is 0.744. The van der Waals surface area contributed by atoms with Crippen molar-refractivity contribution in [3.05, 3.63) is 0 Å². The Bertz CT molecular complexity index is 118. The minimum Gasteiger partial charge on any atom is -0.369 e. The van der Waals surface area contributed by atoms with Crippen molar-refractivity contribution < 1.29 is 4.74 Å². The van der Waals surface area contributed by atoms with Gasteiger partial charge in [0.15, 0.2) is 0 Å². The van der Waals surface area contributed by atoms with Crippen LogP contribution in [0.2, 0.25) is 0 Å². The van der Waals surface area contributed by atoms with Gasteiger partial charge in [0.1, 0.15) is 0 Å². The molecule has 0 aromatic carbocycles. The third-order valence-electron chi connectivity index (χ3n) is 3.00. The van der Waals surface area contributed by atoms with E-state index in [2.05, 4.69) is 0 Å². The largest absolute Gasteiger partial charge is 0.369 e. The number of epoxide rings is 1. The molecule has 1 aliphatic heterocycles. The van der Waals surface area contributed by atoms with Gasteiger partial charge in [0.2, 0.25) is 0 Å². The second-order valence-corrected chi connectivity index (χ2v) is 3.40. The van der Waals surface area contributed by atoms with Crippen molar-refractivity contribution >= 4 is 0 Å². The van der Waals surface area contributed by atoms with Gasteiger partial charge in [-0.3, -0.25) is 0 Å². The zero-order chi connectivity index (χ0) is 5.14. The molecule has 2 aliphatic carbocycles. The zero-order valence-electron chi connectivity index (χ0n) is 4.84. The number of rotatable bonds is 0. The average molecular weight is 110 g/mol. The highest BCUT2D eigenvalue weighted by molar-refractivity contribution is 5.07. The zero-order valence-corrected chi connectivity index (χ0v) is 4.84. The van der Waals surface area contributed by atoms with E-state index in [1.165, 1.54) is 19.3 Å². The number of hydrogen-bond acceptors (Lipinski definition) is 1. The number of hydrogen-bond donors (Lipinski definition) is 0. The Hall–Kier alpha value is -0.0400. The van der Waals surface area contributed by atoms with Crippen LogP contribution in [0.25, 0.3) is 0 Å². The van der Waals surface area contributed by atoms with Gasteiger partial charge in [0, 0.05) is 0 Å². The van der Waals surface area contributed by atoms with Crippen molar-refractivity contribution in [2.45, 2.75) is 31.5 Å². The third kappa shape index (κ3) is 0.278. The molecule has 0 aromatic rings. The summed E-state index contributed by atoms with van der Waals surface area (Å²) in [6.07, 6.45) is 5.91. The molecule has 2 saturated carbocycles. The monoisotopic (exact) mass is 110 g/mol. The van der Waals surface area contributed by atoms with Gasteiger partial charge in [0.05, 0.1) is 12.2 Å². The fourth-order valence-electron chi connectivity index (χ4n) is 2.54. The molecule has 0 spiro atoms. The van der Waals surface area contributed by atoms with E-state index in [1.54, 1.807) is 0 Å². The Kier molecular flexibility index (Phi) is 0.472. The van der Waals surface area contributed by atoms with E-state index in [4.69, 9.17) is 4.74 Å². The first-order chi connectivity index (χ1) is 3.95. The molecule has 8 heavy (non-hydrogen) atoms. The van der Waals surface area contributed by atoms with E-state index >= 15 is 0 Å². The van der Waals surface area contributed by atoms with Crippen LogP contribution in [0.1, 0.15) is 19.3 Å². The van der Waals surface area contributed by atoms with Gasteiger partial charge in [-0.2, -0.15) is 0 Å². The summed E-state index contributed by atoms with van der Waals surface area (Å²) >= 11 is 0. The van der Waals surface area contributed by atoms with Gasteiger partial charge < -0.3 is 4.74 Å². The molecular formula is C7H10O. The van der Waals surface area contributed by atoms with Crippen molar-refractivity contribution in [3.63, 3.8) is 0 Å². The Balaban J connectivity index is 2.02. The first kappa shape index (κ1) is 3.89. The molecule has 0 aromatic heterocycles. The SMILES string of the molecule is C1C[C@H]2CC1C1OC12. The van der Waals surface area contributed by atoms with Crippen LogP contribution in [0, 0.1) is 11.8 Å². The van der Waals surface area contributed by atoms with Crippen molar-refractivity contribution in [1.29, 1.82) is 0 Å². The van der Waals surface area contributed by atoms with Gasteiger partial charge >= 0.3 is 0 Å². The molecule has 1 nitrogen and oxygen atoms in total. The van der Waals surface area contributed by atoms with E-state index in [9.17, 15) is 0 Å². The van der Waals surface area contributed by atoms with Gasteiger partial charge in [-0.05, 0) is 31.1 Å². The average Bonchev–Trinajstić information content (AvgIpc) is 2.39. The van der Waals surface area contributed by atoms with Crippen LogP contribution < -0.4 is 0 Å².